The smallest absolute Gasteiger partial charge is 0.251 e. The van der Waals surface area contributed by atoms with Crippen LogP contribution in [0.3, 0.4) is 0 Å². The normalized spacial score (nSPS) is 18.9. The topological polar surface area (TPSA) is 58.7 Å². The van der Waals surface area contributed by atoms with E-state index in [1.165, 1.54) is 5.56 Å². The summed E-state index contributed by atoms with van der Waals surface area (Å²) < 4.78 is 0. The second kappa shape index (κ2) is 5.97. The van der Waals surface area contributed by atoms with Gasteiger partial charge in [-0.05, 0) is 37.4 Å². The van der Waals surface area contributed by atoms with Crippen LogP contribution in [0.25, 0.3) is 0 Å². The van der Waals surface area contributed by atoms with Crippen LogP contribution in [0, 0.1) is 12.8 Å². The number of carbonyl (C=O) groups is 1. The van der Waals surface area contributed by atoms with Gasteiger partial charge in [0, 0.05) is 0 Å². The van der Waals surface area contributed by atoms with Crippen LogP contribution in [0.15, 0.2) is 29.4 Å². The Balaban J connectivity index is 2.16. The maximum Gasteiger partial charge on any atom is 0.251 e. The summed E-state index contributed by atoms with van der Waals surface area (Å²) in [6, 6.07) is 8.09. The number of hydrazone groups is 1. The zero-order chi connectivity index (χ0) is 13.8. The first-order chi connectivity index (χ1) is 9.17. The largest absolute Gasteiger partial charge is 0.330 e. The molecule has 0 spiro atoms. The van der Waals surface area contributed by atoms with Gasteiger partial charge in [0.2, 0.25) is 0 Å². The monoisotopic (exact) mass is 259 g/mol. The molecule has 0 aromatic heterocycles. The second-order valence-electron chi connectivity index (χ2n) is 4.90. The average Bonchev–Trinajstić information content (AvgIpc) is 2.70. The Morgan fingerprint density at radius 1 is 1.37 bits per heavy atom. The van der Waals surface area contributed by atoms with E-state index in [1.807, 2.05) is 25.1 Å². The van der Waals surface area contributed by atoms with Crippen LogP contribution in [-0.2, 0) is 11.3 Å². The molecule has 1 aliphatic rings. The molecule has 19 heavy (non-hydrogen) atoms. The van der Waals surface area contributed by atoms with E-state index in [4.69, 9.17) is 5.73 Å². The highest BCUT2D eigenvalue weighted by Crippen LogP contribution is 2.23. The first kappa shape index (κ1) is 13.7. The van der Waals surface area contributed by atoms with E-state index in [1.54, 1.807) is 5.01 Å². The Kier molecular flexibility index (Phi) is 4.32. The minimum atomic E-state index is -0.112. The van der Waals surface area contributed by atoms with Gasteiger partial charge in [0.1, 0.15) is 0 Å². The van der Waals surface area contributed by atoms with Crippen molar-refractivity contribution >= 4 is 11.6 Å². The Morgan fingerprint density at radius 2 is 2.11 bits per heavy atom. The highest BCUT2D eigenvalue weighted by Gasteiger charge is 2.33. The molecule has 0 unspecified atom stereocenters. The molecule has 1 atom stereocenters. The van der Waals surface area contributed by atoms with Crippen LogP contribution in [0.2, 0.25) is 0 Å². The maximum atomic E-state index is 12.3. The molecule has 1 aromatic rings. The fourth-order valence-electron chi connectivity index (χ4n) is 2.43. The molecule has 4 nitrogen and oxygen atoms in total. The number of amides is 1. The molecule has 0 radical (unpaired) electrons. The van der Waals surface area contributed by atoms with Crippen molar-refractivity contribution in [2.75, 3.05) is 6.54 Å². The summed E-state index contributed by atoms with van der Waals surface area (Å²) >= 11 is 0. The van der Waals surface area contributed by atoms with E-state index < -0.39 is 0 Å². The molecule has 102 valence electrons. The number of hydrogen-bond donors (Lipinski definition) is 1. The fraction of sp³-hybridized carbons (Fsp3) is 0.467. The van der Waals surface area contributed by atoms with Crippen molar-refractivity contribution in [1.82, 2.24) is 5.01 Å². The summed E-state index contributed by atoms with van der Waals surface area (Å²) in [6.07, 6.45) is 1.50. The Bertz CT molecular complexity index is 496. The molecule has 2 rings (SSSR count). The fourth-order valence-corrected chi connectivity index (χ4v) is 2.43. The van der Waals surface area contributed by atoms with Gasteiger partial charge in [0.15, 0.2) is 0 Å². The molecule has 0 saturated carbocycles. The quantitative estimate of drug-likeness (QED) is 0.880. The van der Waals surface area contributed by atoms with Crippen molar-refractivity contribution in [3.63, 3.8) is 0 Å². The van der Waals surface area contributed by atoms with E-state index >= 15 is 0 Å². The zero-order valence-corrected chi connectivity index (χ0v) is 11.6. The summed E-state index contributed by atoms with van der Waals surface area (Å²) in [7, 11) is 0. The molecule has 0 bridgehead atoms. The molecular weight excluding hydrogens is 238 g/mol. The van der Waals surface area contributed by atoms with Gasteiger partial charge in [-0.1, -0.05) is 31.2 Å². The summed E-state index contributed by atoms with van der Waals surface area (Å²) in [5.74, 6) is -0.0235. The molecule has 0 saturated heterocycles. The lowest BCUT2D eigenvalue weighted by atomic mass is 9.97. The molecule has 0 aliphatic carbocycles. The summed E-state index contributed by atoms with van der Waals surface area (Å²) in [4.78, 5) is 12.3. The highest BCUT2D eigenvalue weighted by atomic mass is 16.2. The SMILES string of the molecule is CCC1=NN(Cc2ccccc2C)C(=O)[C@@H]1CCN. The number of aryl methyl sites for hydroxylation is 1. The standard InChI is InChI=1S/C15H21N3O/c1-3-14-13(8-9-16)15(19)18(17-14)10-12-7-5-4-6-11(12)2/h4-7,13H,3,8-10,16H2,1-2H3/t13-/m1/s1. The highest BCUT2D eigenvalue weighted by molar-refractivity contribution is 6.07. The van der Waals surface area contributed by atoms with Crippen molar-refractivity contribution in [3.8, 4) is 0 Å². The van der Waals surface area contributed by atoms with Crippen LogP contribution >= 0.6 is 0 Å². The molecule has 1 heterocycles. The minimum Gasteiger partial charge on any atom is -0.330 e. The Hall–Kier alpha value is -1.68. The van der Waals surface area contributed by atoms with Crippen molar-refractivity contribution in [1.29, 1.82) is 0 Å². The summed E-state index contributed by atoms with van der Waals surface area (Å²) in [5.41, 5.74) is 8.87. The lowest BCUT2D eigenvalue weighted by molar-refractivity contribution is -0.132. The Morgan fingerprint density at radius 3 is 2.74 bits per heavy atom. The van der Waals surface area contributed by atoms with Gasteiger partial charge in [-0.15, -0.1) is 0 Å². The van der Waals surface area contributed by atoms with Gasteiger partial charge in [-0.2, -0.15) is 5.10 Å². The lowest BCUT2D eigenvalue weighted by Crippen LogP contribution is -2.29. The van der Waals surface area contributed by atoms with Gasteiger partial charge >= 0.3 is 0 Å². The van der Waals surface area contributed by atoms with E-state index in [-0.39, 0.29) is 11.8 Å². The van der Waals surface area contributed by atoms with Gasteiger partial charge in [-0.25, -0.2) is 5.01 Å². The van der Waals surface area contributed by atoms with Crippen LogP contribution in [0.1, 0.15) is 30.9 Å². The van der Waals surface area contributed by atoms with Gasteiger partial charge < -0.3 is 5.73 Å². The molecule has 4 heteroatoms. The number of hydrogen-bond acceptors (Lipinski definition) is 3. The summed E-state index contributed by atoms with van der Waals surface area (Å²) in [6.45, 7) is 5.16. The number of rotatable bonds is 5. The maximum absolute atomic E-state index is 12.3. The third-order valence-corrected chi connectivity index (χ3v) is 3.60. The van der Waals surface area contributed by atoms with Crippen LogP contribution in [0.5, 0.6) is 0 Å². The number of nitrogens with zero attached hydrogens (tertiary/aromatic N) is 2. The number of nitrogens with two attached hydrogens (primary N) is 1. The molecule has 1 aromatic carbocycles. The number of carbonyl (C=O) groups excluding carboxylic acids is 1. The van der Waals surface area contributed by atoms with Gasteiger partial charge in [0.05, 0.1) is 18.2 Å². The third-order valence-electron chi connectivity index (χ3n) is 3.60. The zero-order valence-electron chi connectivity index (χ0n) is 11.6. The van der Waals surface area contributed by atoms with E-state index in [0.717, 1.165) is 17.7 Å². The molecule has 1 aliphatic heterocycles. The third kappa shape index (κ3) is 2.84. The van der Waals surface area contributed by atoms with Crippen molar-refractivity contribution in [2.24, 2.45) is 16.8 Å². The van der Waals surface area contributed by atoms with Crippen LogP contribution in [0.4, 0.5) is 0 Å². The van der Waals surface area contributed by atoms with Crippen molar-refractivity contribution in [2.45, 2.75) is 33.2 Å². The van der Waals surface area contributed by atoms with E-state index in [9.17, 15) is 4.79 Å². The van der Waals surface area contributed by atoms with Gasteiger partial charge in [0.25, 0.3) is 5.91 Å². The van der Waals surface area contributed by atoms with Crippen molar-refractivity contribution in [3.05, 3.63) is 35.4 Å². The van der Waals surface area contributed by atoms with E-state index in [2.05, 4.69) is 18.1 Å². The molecule has 0 fully saturated rings. The molecule has 1 amide bonds. The van der Waals surface area contributed by atoms with Crippen LogP contribution < -0.4 is 5.73 Å². The lowest BCUT2D eigenvalue weighted by Gasteiger charge is -2.15. The van der Waals surface area contributed by atoms with Gasteiger partial charge in [-0.3, -0.25) is 4.79 Å². The average molecular weight is 259 g/mol. The molecular formula is C15H21N3O. The van der Waals surface area contributed by atoms with E-state index in [0.29, 0.717) is 19.5 Å². The van der Waals surface area contributed by atoms with Crippen LogP contribution in [-0.4, -0.2) is 23.2 Å². The Labute approximate surface area is 114 Å². The van der Waals surface area contributed by atoms with Crippen molar-refractivity contribution < 1.29 is 4.79 Å². The second-order valence-corrected chi connectivity index (χ2v) is 4.90. The predicted molar refractivity (Wildman–Crippen MR) is 76.6 cm³/mol. The minimum absolute atomic E-state index is 0.0885. The summed E-state index contributed by atoms with van der Waals surface area (Å²) in [5, 5.41) is 6.07. The number of benzene rings is 1. The first-order valence-electron chi connectivity index (χ1n) is 6.80. The molecule has 2 N–H and O–H groups in total. The first-order valence-corrected chi connectivity index (χ1v) is 6.80. The predicted octanol–water partition coefficient (Wildman–Crippen LogP) is 2.07.